The Bertz CT molecular complexity index is 576. The SMILES string of the molecule is CCNC(=NCCCN1CCCC(C)C1)N(C)Cc1csc(C(C)OC)n1. The average molecular weight is 396 g/mol. The van der Waals surface area contributed by atoms with Crippen LogP contribution in [0.15, 0.2) is 10.4 Å². The molecule has 2 unspecified atom stereocenters. The molecule has 0 aliphatic carbocycles. The van der Waals surface area contributed by atoms with Gasteiger partial charge in [-0.15, -0.1) is 11.3 Å². The fourth-order valence-electron chi connectivity index (χ4n) is 3.44. The summed E-state index contributed by atoms with van der Waals surface area (Å²) in [5.41, 5.74) is 1.06. The fourth-order valence-corrected chi connectivity index (χ4v) is 4.28. The van der Waals surface area contributed by atoms with Gasteiger partial charge >= 0.3 is 0 Å². The van der Waals surface area contributed by atoms with Gasteiger partial charge in [0.1, 0.15) is 11.1 Å². The number of nitrogens with one attached hydrogen (secondary N) is 1. The second-order valence-electron chi connectivity index (χ2n) is 7.55. The molecule has 1 fully saturated rings. The first-order chi connectivity index (χ1) is 13.0. The molecule has 1 aromatic heterocycles. The van der Waals surface area contributed by atoms with Crippen molar-refractivity contribution < 1.29 is 4.74 Å². The highest BCUT2D eigenvalue weighted by Crippen LogP contribution is 2.21. The Labute approximate surface area is 169 Å². The summed E-state index contributed by atoms with van der Waals surface area (Å²) >= 11 is 1.66. The summed E-state index contributed by atoms with van der Waals surface area (Å²) in [5.74, 6) is 1.80. The predicted octanol–water partition coefficient (Wildman–Crippen LogP) is 3.37. The van der Waals surface area contributed by atoms with E-state index in [1.165, 1.54) is 25.9 Å². The van der Waals surface area contributed by atoms with E-state index in [1.54, 1.807) is 18.4 Å². The third-order valence-corrected chi connectivity index (χ3v) is 6.06. The maximum atomic E-state index is 5.36. The monoisotopic (exact) mass is 395 g/mol. The number of rotatable bonds is 9. The van der Waals surface area contributed by atoms with Gasteiger partial charge in [0.15, 0.2) is 5.96 Å². The molecule has 1 aliphatic heterocycles. The van der Waals surface area contributed by atoms with Gasteiger partial charge in [-0.25, -0.2) is 4.98 Å². The van der Waals surface area contributed by atoms with Gasteiger partial charge in [0.25, 0.3) is 0 Å². The summed E-state index contributed by atoms with van der Waals surface area (Å²) < 4.78 is 5.36. The number of methoxy groups -OCH3 is 1. The molecular weight excluding hydrogens is 358 g/mol. The van der Waals surface area contributed by atoms with Crippen molar-refractivity contribution in [3.63, 3.8) is 0 Å². The van der Waals surface area contributed by atoms with Gasteiger partial charge in [0, 0.05) is 39.2 Å². The van der Waals surface area contributed by atoms with Crippen LogP contribution in [-0.4, -0.2) is 67.6 Å². The zero-order valence-electron chi connectivity index (χ0n) is 17.7. The van der Waals surface area contributed by atoms with Crippen LogP contribution in [0.1, 0.15) is 56.8 Å². The summed E-state index contributed by atoms with van der Waals surface area (Å²) in [7, 11) is 3.80. The van der Waals surface area contributed by atoms with Crippen LogP contribution in [0.25, 0.3) is 0 Å². The number of piperidine rings is 1. The molecule has 1 saturated heterocycles. The Morgan fingerprint density at radius 1 is 1.56 bits per heavy atom. The molecule has 1 N–H and O–H groups in total. The van der Waals surface area contributed by atoms with Crippen molar-refractivity contribution >= 4 is 17.3 Å². The Morgan fingerprint density at radius 2 is 2.37 bits per heavy atom. The van der Waals surface area contributed by atoms with Crippen LogP contribution < -0.4 is 5.32 Å². The molecule has 0 saturated carbocycles. The molecule has 0 bridgehead atoms. The topological polar surface area (TPSA) is 53.0 Å². The second kappa shape index (κ2) is 11.6. The van der Waals surface area contributed by atoms with Gasteiger partial charge in [-0.05, 0) is 52.1 Å². The van der Waals surface area contributed by atoms with Crippen LogP contribution in [0, 0.1) is 5.92 Å². The van der Waals surface area contributed by atoms with E-state index >= 15 is 0 Å². The normalized spacial score (nSPS) is 19.9. The van der Waals surface area contributed by atoms with Crippen molar-refractivity contribution in [2.24, 2.45) is 10.9 Å². The van der Waals surface area contributed by atoms with Gasteiger partial charge in [-0.3, -0.25) is 4.99 Å². The Balaban J connectivity index is 1.83. The number of thiazole rings is 1. The van der Waals surface area contributed by atoms with Crippen LogP contribution >= 0.6 is 11.3 Å². The third kappa shape index (κ3) is 7.39. The van der Waals surface area contributed by atoms with Crippen molar-refractivity contribution in [3.05, 3.63) is 16.1 Å². The fraction of sp³-hybridized carbons (Fsp3) is 0.800. The van der Waals surface area contributed by atoms with Crippen LogP contribution in [0.3, 0.4) is 0 Å². The number of hydrogen-bond acceptors (Lipinski definition) is 5. The molecule has 154 valence electrons. The molecule has 0 radical (unpaired) electrons. The number of aromatic nitrogens is 1. The van der Waals surface area contributed by atoms with Crippen molar-refractivity contribution in [1.29, 1.82) is 0 Å². The standard InChI is InChI=1S/C20H37N5OS/c1-6-21-20(22-10-8-12-25-11-7-9-16(2)13-25)24(4)14-18-15-27-19(23-18)17(3)26-5/h15-17H,6-14H2,1-5H3,(H,21,22). The van der Waals surface area contributed by atoms with E-state index < -0.39 is 0 Å². The Morgan fingerprint density at radius 3 is 3.07 bits per heavy atom. The van der Waals surface area contributed by atoms with Crippen LogP contribution in [0.2, 0.25) is 0 Å². The van der Waals surface area contributed by atoms with Crippen molar-refractivity contribution in [2.75, 3.05) is 46.9 Å². The minimum absolute atomic E-state index is 0.0495. The Kier molecular flexibility index (Phi) is 9.51. The molecule has 1 aliphatic rings. The summed E-state index contributed by atoms with van der Waals surface area (Å²) in [4.78, 5) is 14.3. The van der Waals surface area contributed by atoms with Crippen molar-refractivity contribution in [2.45, 2.75) is 52.7 Å². The average Bonchev–Trinajstić information content (AvgIpc) is 3.12. The largest absolute Gasteiger partial charge is 0.375 e. The predicted molar refractivity (Wildman–Crippen MR) is 114 cm³/mol. The van der Waals surface area contributed by atoms with E-state index in [0.717, 1.165) is 55.2 Å². The minimum atomic E-state index is 0.0495. The minimum Gasteiger partial charge on any atom is -0.375 e. The van der Waals surface area contributed by atoms with E-state index in [4.69, 9.17) is 14.7 Å². The van der Waals surface area contributed by atoms with E-state index in [-0.39, 0.29) is 6.10 Å². The molecule has 2 heterocycles. The van der Waals surface area contributed by atoms with Gasteiger partial charge in [-0.1, -0.05) is 6.92 Å². The number of guanidine groups is 1. The first kappa shape index (κ1) is 22.1. The lowest BCUT2D eigenvalue weighted by Gasteiger charge is -2.30. The lowest BCUT2D eigenvalue weighted by atomic mass is 10.0. The van der Waals surface area contributed by atoms with E-state index in [1.807, 2.05) is 6.92 Å². The van der Waals surface area contributed by atoms with E-state index in [2.05, 4.69) is 41.4 Å². The maximum absolute atomic E-state index is 5.36. The quantitative estimate of drug-likeness (QED) is 0.395. The zero-order chi connectivity index (χ0) is 19.6. The lowest BCUT2D eigenvalue weighted by Crippen LogP contribution is -2.39. The van der Waals surface area contributed by atoms with Gasteiger partial charge in [0.05, 0.1) is 12.2 Å². The highest BCUT2D eigenvalue weighted by molar-refractivity contribution is 7.09. The van der Waals surface area contributed by atoms with E-state index in [0.29, 0.717) is 0 Å². The van der Waals surface area contributed by atoms with Gasteiger partial charge in [0.2, 0.25) is 0 Å². The molecule has 0 spiro atoms. The molecule has 2 rings (SSSR count). The Hall–Kier alpha value is -1.18. The zero-order valence-corrected chi connectivity index (χ0v) is 18.5. The number of nitrogens with zero attached hydrogens (tertiary/aromatic N) is 4. The molecular formula is C20H37N5OS. The molecule has 1 aromatic rings. The molecule has 27 heavy (non-hydrogen) atoms. The van der Waals surface area contributed by atoms with Crippen molar-refractivity contribution in [1.82, 2.24) is 20.1 Å². The van der Waals surface area contributed by atoms with Crippen LogP contribution in [-0.2, 0) is 11.3 Å². The summed E-state index contributed by atoms with van der Waals surface area (Å²) in [6.45, 7) is 12.6. The smallest absolute Gasteiger partial charge is 0.194 e. The second-order valence-corrected chi connectivity index (χ2v) is 8.44. The summed E-state index contributed by atoms with van der Waals surface area (Å²) in [5, 5.41) is 6.54. The number of aliphatic imine (C=N–C) groups is 1. The molecule has 0 amide bonds. The molecule has 7 heteroatoms. The first-order valence-electron chi connectivity index (χ1n) is 10.2. The highest BCUT2D eigenvalue weighted by Gasteiger charge is 2.16. The summed E-state index contributed by atoms with van der Waals surface area (Å²) in [6, 6.07) is 0. The summed E-state index contributed by atoms with van der Waals surface area (Å²) in [6.07, 6.45) is 3.88. The first-order valence-corrected chi connectivity index (χ1v) is 11.1. The van der Waals surface area contributed by atoms with E-state index in [9.17, 15) is 0 Å². The van der Waals surface area contributed by atoms with Gasteiger partial charge in [-0.2, -0.15) is 0 Å². The molecule has 6 nitrogen and oxygen atoms in total. The van der Waals surface area contributed by atoms with Crippen LogP contribution in [0.4, 0.5) is 0 Å². The maximum Gasteiger partial charge on any atom is 0.194 e. The molecule has 2 atom stereocenters. The number of ether oxygens (including phenoxy) is 1. The molecule has 0 aromatic carbocycles. The number of likely N-dealkylation sites (tertiary alicyclic amines) is 1. The number of hydrogen-bond donors (Lipinski definition) is 1. The van der Waals surface area contributed by atoms with Crippen molar-refractivity contribution in [3.8, 4) is 0 Å². The third-order valence-electron chi connectivity index (χ3n) is 5.00. The highest BCUT2D eigenvalue weighted by atomic mass is 32.1. The van der Waals surface area contributed by atoms with Gasteiger partial charge < -0.3 is 19.9 Å². The van der Waals surface area contributed by atoms with Crippen LogP contribution in [0.5, 0.6) is 0 Å². The lowest BCUT2D eigenvalue weighted by molar-refractivity contribution is 0.119.